The van der Waals surface area contributed by atoms with E-state index < -0.39 is 0 Å². The van der Waals surface area contributed by atoms with Gasteiger partial charge in [0.05, 0.1) is 6.20 Å². The highest BCUT2D eigenvalue weighted by Gasteiger charge is 2.26. The summed E-state index contributed by atoms with van der Waals surface area (Å²) in [6.07, 6.45) is 5.48. The molecule has 0 unspecified atom stereocenters. The van der Waals surface area contributed by atoms with Crippen LogP contribution in [0.3, 0.4) is 0 Å². The lowest BCUT2D eigenvalue weighted by Crippen LogP contribution is -2.45. The molecule has 0 spiro atoms. The maximum Gasteiger partial charge on any atom is 0.208 e. The first-order valence-electron chi connectivity index (χ1n) is 8.02. The fourth-order valence-corrected chi connectivity index (χ4v) is 3.35. The van der Waals surface area contributed by atoms with Gasteiger partial charge in [0.25, 0.3) is 0 Å². The fourth-order valence-electron chi connectivity index (χ4n) is 3.35. The van der Waals surface area contributed by atoms with Crippen LogP contribution >= 0.6 is 0 Å². The number of hydrogen-bond donors (Lipinski definition) is 0. The molecule has 2 saturated heterocycles. The van der Waals surface area contributed by atoms with E-state index in [4.69, 9.17) is 9.72 Å². The van der Waals surface area contributed by atoms with Gasteiger partial charge in [-0.1, -0.05) is 0 Å². The van der Waals surface area contributed by atoms with E-state index in [-0.39, 0.29) is 0 Å². The molecule has 2 aromatic heterocycles. The molecule has 0 saturated carbocycles. The van der Waals surface area contributed by atoms with Crippen LogP contribution in [0, 0.1) is 0 Å². The number of rotatable bonds is 2. The van der Waals surface area contributed by atoms with Crippen molar-refractivity contribution in [1.29, 1.82) is 0 Å². The second-order valence-corrected chi connectivity index (χ2v) is 6.15. The van der Waals surface area contributed by atoms with Crippen molar-refractivity contribution in [2.45, 2.75) is 18.9 Å². The number of hydrogen-bond acceptors (Lipinski definition) is 6. The van der Waals surface area contributed by atoms with Gasteiger partial charge >= 0.3 is 0 Å². The second kappa shape index (κ2) is 5.81. The Morgan fingerprint density at radius 2 is 1.91 bits per heavy atom. The Morgan fingerprint density at radius 3 is 2.68 bits per heavy atom. The lowest BCUT2D eigenvalue weighted by Gasteiger charge is -2.35. The Kier molecular flexibility index (Phi) is 3.67. The van der Waals surface area contributed by atoms with Gasteiger partial charge < -0.3 is 14.5 Å². The zero-order valence-corrected chi connectivity index (χ0v) is 13.0. The van der Waals surface area contributed by atoms with Gasteiger partial charge in [0, 0.05) is 45.4 Å². The Hall–Kier alpha value is -1.73. The first-order chi connectivity index (χ1) is 10.8. The Labute approximate surface area is 129 Å². The van der Waals surface area contributed by atoms with Crippen molar-refractivity contribution in [3.63, 3.8) is 0 Å². The van der Waals surface area contributed by atoms with E-state index in [0.29, 0.717) is 6.04 Å². The third-order valence-corrected chi connectivity index (χ3v) is 4.68. The second-order valence-electron chi connectivity index (χ2n) is 6.15. The van der Waals surface area contributed by atoms with Crippen LogP contribution in [-0.2, 0) is 4.74 Å². The fraction of sp³-hybridized carbons (Fsp3) is 0.667. The highest BCUT2D eigenvalue weighted by atomic mass is 16.5. The first kappa shape index (κ1) is 13.9. The first-order valence-corrected chi connectivity index (χ1v) is 8.02. The molecule has 118 valence electrons. The SMILES string of the molecule is CN1CCN(c2nc3cncnc3n2C2CCOCC2)CC1. The van der Waals surface area contributed by atoms with Crippen molar-refractivity contribution >= 4 is 17.1 Å². The van der Waals surface area contributed by atoms with Gasteiger partial charge in [-0.2, -0.15) is 0 Å². The van der Waals surface area contributed by atoms with Gasteiger partial charge in [-0.05, 0) is 19.9 Å². The lowest BCUT2D eigenvalue weighted by molar-refractivity contribution is 0.0706. The molecule has 2 fully saturated rings. The summed E-state index contributed by atoms with van der Waals surface area (Å²) in [4.78, 5) is 18.2. The molecule has 0 amide bonds. The van der Waals surface area contributed by atoms with Crippen molar-refractivity contribution in [2.24, 2.45) is 0 Å². The normalized spacial score (nSPS) is 21.6. The minimum Gasteiger partial charge on any atom is -0.381 e. The molecule has 2 aromatic rings. The summed E-state index contributed by atoms with van der Waals surface area (Å²) in [6, 6.07) is 0.420. The molecule has 7 nitrogen and oxygen atoms in total. The maximum atomic E-state index is 5.52. The van der Waals surface area contributed by atoms with Crippen LogP contribution in [0.1, 0.15) is 18.9 Å². The summed E-state index contributed by atoms with van der Waals surface area (Å²) in [6.45, 7) is 5.80. The van der Waals surface area contributed by atoms with Crippen LogP contribution in [0.25, 0.3) is 11.2 Å². The summed E-state index contributed by atoms with van der Waals surface area (Å²) < 4.78 is 7.85. The van der Waals surface area contributed by atoms with E-state index in [0.717, 1.165) is 69.3 Å². The van der Waals surface area contributed by atoms with Crippen molar-refractivity contribution < 1.29 is 4.74 Å². The van der Waals surface area contributed by atoms with Crippen LogP contribution in [0.4, 0.5) is 5.95 Å². The lowest BCUT2D eigenvalue weighted by atomic mass is 10.1. The third-order valence-electron chi connectivity index (χ3n) is 4.68. The molecule has 2 aliphatic rings. The molecule has 22 heavy (non-hydrogen) atoms. The molecule has 0 atom stereocenters. The van der Waals surface area contributed by atoms with E-state index in [1.807, 2.05) is 6.20 Å². The monoisotopic (exact) mass is 302 g/mol. The van der Waals surface area contributed by atoms with E-state index in [9.17, 15) is 0 Å². The van der Waals surface area contributed by atoms with Crippen molar-refractivity contribution in [2.75, 3.05) is 51.3 Å². The molecule has 4 rings (SSSR count). The number of imidazole rings is 1. The molecule has 0 aromatic carbocycles. The molecular weight excluding hydrogens is 280 g/mol. The number of aromatic nitrogens is 4. The maximum absolute atomic E-state index is 5.52. The summed E-state index contributed by atoms with van der Waals surface area (Å²) in [5, 5.41) is 0. The zero-order valence-electron chi connectivity index (χ0n) is 13.0. The summed E-state index contributed by atoms with van der Waals surface area (Å²) in [5.41, 5.74) is 1.85. The molecule has 0 aliphatic carbocycles. The molecule has 2 aliphatic heterocycles. The molecule has 4 heterocycles. The number of anilines is 1. The highest BCUT2D eigenvalue weighted by molar-refractivity contribution is 5.74. The van der Waals surface area contributed by atoms with E-state index in [1.165, 1.54) is 0 Å². The Bertz CT molecular complexity index is 643. The Balaban J connectivity index is 1.75. The summed E-state index contributed by atoms with van der Waals surface area (Å²) in [5.74, 6) is 1.05. The van der Waals surface area contributed by atoms with Crippen LogP contribution in [0.15, 0.2) is 12.5 Å². The smallest absolute Gasteiger partial charge is 0.208 e. The predicted octanol–water partition coefficient (Wildman–Crippen LogP) is 0.930. The van der Waals surface area contributed by atoms with Gasteiger partial charge in [0.1, 0.15) is 11.8 Å². The highest BCUT2D eigenvalue weighted by Crippen LogP contribution is 2.31. The van der Waals surface area contributed by atoms with Gasteiger partial charge in [0.15, 0.2) is 5.65 Å². The molecule has 0 radical (unpaired) electrons. The minimum atomic E-state index is 0.420. The molecule has 0 N–H and O–H groups in total. The van der Waals surface area contributed by atoms with Crippen LogP contribution in [0.2, 0.25) is 0 Å². The van der Waals surface area contributed by atoms with Gasteiger partial charge in [-0.3, -0.25) is 4.57 Å². The predicted molar refractivity (Wildman–Crippen MR) is 84.1 cm³/mol. The standard InChI is InChI=1S/C15H22N6O/c1-19-4-6-20(7-5-19)15-18-13-10-16-11-17-14(13)21(15)12-2-8-22-9-3-12/h10-12H,2-9H2,1H3. The number of fused-ring (bicyclic) bond motifs is 1. The molecule has 7 heteroatoms. The quantitative estimate of drug-likeness (QED) is 0.822. The summed E-state index contributed by atoms with van der Waals surface area (Å²) >= 11 is 0. The number of piperazine rings is 1. The Morgan fingerprint density at radius 1 is 1.14 bits per heavy atom. The summed E-state index contributed by atoms with van der Waals surface area (Å²) in [7, 11) is 2.17. The number of ether oxygens (including phenoxy) is 1. The van der Waals surface area contributed by atoms with Crippen molar-refractivity contribution in [3.05, 3.63) is 12.5 Å². The number of nitrogens with zero attached hydrogens (tertiary/aromatic N) is 6. The van der Waals surface area contributed by atoms with Crippen LogP contribution in [-0.4, -0.2) is 70.9 Å². The van der Waals surface area contributed by atoms with Crippen LogP contribution in [0.5, 0.6) is 0 Å². The van der Waals surface area contributed by atoms with Crippen LogP contribution < -0.4 is 4.90 Å². The van der Waals surface area contributed by atoms with E-state index in [1.54, 1.807) is 6.33 Å². The molecular formula is C15H22N6O. The largest absolute Gasteiger partial charge is 0.381 e. The minimum absolute atomic E-state index is 0.420. The van der Waals surface area contributed by atoms with Crippen molar-refractivity contribution in [1.82, 2.24) is 24.4 Å². The van der Waals surface area contributed by atoms with Gasteiger partial charge in [0.2, 0.25) is 5.95 Å². The van der Waals surface area contributed by atoms with Gasteiger partial charge in [-0.15, -0.1) is 0 Å². The topological polar surface area (TPSA) is 59.3 Å². The van der Waals surface area contributed by atoms with Gasteiger partial charge in [-0.25, -0.2) is 15.0 Å². The van der Waals surface area contributed by atoms with Crippen molar-refractivity contribution in [3.8, 4) is 0 Å². The van der Waals surface area contributed by atoms with E-state index >= 15 is 0 Å². The number of likely N-dealkylation sites (N-methyl/N-ethyl adjacent to an activating group) is 1. The third kappa shape index (κ3) is 2.44. The average Bonchev–Trinajstić information content (AvgIpc) is 2.96. The molecule has 0 bridgehead atoms. The zero-order chi connectivity index (χ0) is 14.9. The average molecular weight is 302 g/mol. The van der Waals surface area contributed by atoms with E-state index in [2.05, 4.69) is 31.4 Å².